The number of hydrogen-bond acceptors (Lipinski definition) is 4. The van der Waals surface area contributed by atoms with E-state index in [0.29, 0.717) is 12.3 Å². The van der Waals surface area contributed by atoms with Crippen molar-refractivity contribution < 1.29 is 14.6 Å². The third-order valence-electron chi connectivity index (χ3n) is 2.93. The molecule has 0 aliphatic carbocycles. The van der Waals surface area contributed by atoms with Crippen LogP contribution in [0.3, 0.4) is 0 Å². The van der Waals surface area contributed by atoms with Crippen LogP contribution in [0, 0.1) is 5.92 Å². The van der Waals surface area contributed by atoms with Crippen LogP contribution in [0.25, 0.3) is 0 Å². The summed E-state index contributed by atoms with van der Waals surface area (Å²) >= 11 is 0. The molecule has 5 nitrogen and oxygen atoms in total. The lowest BCUT2D eigenvalue weighted by Crippen LogP contribution is -2.44. The molecule has 0 spiro atoms. The van der Waals surface area contributed by atoms with E-state index in [0.717, 1.165) is 39.4 Å². The monoisotopic (exact) mass is 244 g/mol. The summed E-state index contributed by atoms with van der Waals surface area (Å²) < 4.78 is 5.26. The molecule has 1 unspecified atom stereocenters. The van der Waals surface area contributed by atoms with Gasteiger partial charge < -0.3 is 15.2 Å². The zero-order valence-corrected chi connectivity index (χ0v) is 10.8. The second-order valence-electron chi connectivity index (χ2n) is 4.93. The van der Waals surface area contributed by atoms with Gasteiger partial charge in [0.2, 0.25) is 0 Å². The maximum absolute atomic E-state index is 11.0. The summed E-state index contributed by atoms with van der Waals surface area (Å²) in [6.45, 7) is 9.17. The Morgan fingerprint density at radius 2 is 2.06 bits per heavy atom. The van der Waals surface area contributed by atoms with Crippen molar-refractivity contribution >= 4 is 5.97 Å². The topological polar surface area (TPSA) is 61.8 Å². The Balaban J connectivity index is 2.19. The minimum atomic E-state index is -0.749. The number of carbonyl (C=O) groups is 1. The van der Waals surface area contributed by atoms with Crippen LogP contribution in [0.1, 0.15) is 20.3 Å². The molecule has 5 heteroatoms. The molecular formula is C12H24N2O3. The second-order valence-corrected chi connectivity index (χ2v) is 4.93. The molecular weight excluding hydrogens is 220 g/mol. The van der Waals surface area contributed by atoms with Crippen LogP contribution in [-0.4, -0.2) is 61.4 Å². The van der Waals surface area contributed by atoms with Gasteiger partial charge in [-0.2, -0.15) is 0 Å². The van der Waals surface area contributed by atoms with E-state index < -0.39 is 12.0 Å². The van der Waals surface area contributed by atoms with Gasteiger partial charge in [0, 0.05) is 26.2 Å². The molecule has 1 saturated heterocycles. The van der Waals surface area contributed by atoms with Crippen molar-refractivity contribution in [2.75, 3.05) is 39.4 Å². The summed E-state index contributed by atoms with van der Waals surface area (Å²) in [5.74, 6) is -0.354. The van der Waals surface area contributed by atoms with Gasteiger partial charge >= 0.3 is 5.97 Å². The first-order valence-corrected chi connectivity index (χ1v) is 6.36. The van der Waals surface area contributed by atoms with Crippen LogP contribution < -0.4 is 5.32 Å². The average Bonchev–Trinajstić information content (AvgIpc) is 2.28. The van der Waals surface area contributed by atoms with Crippen LogP contribution in [0.2, 0.25) is 0 Å². The number of carboxylic acid groups (broad SMARTS) is 1. The number of rotatable bonds is 7. The SMILES string of the molecule is CC(C)CC(NCCN1CCOCC1)C(=O)O. The largest absolute Gasteiger partial charge is 0.480 e. The van der Waals surface area contributed by atoms with E-state index in [1.807, 2.05) is 13.8 Å². The molecule has 0 aromatic carbocycles. The lowest BCUT2D eigenvalue weighted by atomic mass is 10.0. The van der Waals surface area contributed by atoms with Crippen LogP contribution in [0.4, 0.5) is 0 Å². The van der Waals surface area contributed by atoms with Gasteiger partial charge in [-0.3, -0.25) is 9.69 Å². The Bertz CT molecular complexity index is 228. The third kappa shape index (κ3) is 6.00. The summed E-state index contributed by atoms with van der Waals surface area (Å²) in [6, 6.07) is -0.420. The zero-order chi connectivity index (χ0) is 12.7. The van der Waals surface area contributed by atoms with Crippen LogP contribution in [0.5, 0.6) is 0 Å². The van der Waals surface area contributed by atoms with E-state index in [-0.39, 0.29) is 0 Å². The highest BCUT2D eigenvalue weighted by Gasteiger charge is 2.18. The molecule has 0 radical (unpaired) electrons. The maximum atomic E-state index is 11.0. The summed E-state index contributed by atoms with van der Waals surface area (Å²) in [6.07, 6.45) is 0.679. The molecule has 1 rings (SSSR count). The Labute approximate surface area is 103 Å². The minimum absolute atomic E-state index is 0.395. The number of aliphatic carboxylic acids is 1. The van der Waals surface area contributed by atoms with E-state index in [4.69, 9.17) is 9.84 Å². The first-order valence-electron chi connectivity index (χ1n) is 6.36. The molecule has 1 fully saturated rings. The predicted octanol–water partition coefficient (Wildman–Crippen LogP) is 0.408. The molecule has 0 amide bonds. The van der Waals surface area contributed by atoms with Crippen molar-refractivity contribution in [2.45, 2.75) is 26.3 Å². The molecule has 1 aliphatic heterocycles. The Morgan fingerprint density at radius 1 is 1.41 bits per heavy atom. The number of nitrogens with one attached hydrogen (secondary N) is 1. The van der Waals surface area contributed by atoms with Gasteiger partial charge in [-0.15, -0.1) is 0 Å². The first kappa shape index (κ1) is 14.4. The van der Waals surface area contributed by atoms with E-state index in [1.54, 1.807) is 0 Å². The van der Waals surface area contributed by atoms with Gasteiger partial charge in [0.1, 0.15) is 6.04 Å². The molecule has 100 valence electrons. The van der Waals surface area contributed by atoms with Crippen molar-refractivity contribution in [3.63, 3.8) is 0 Å². The predicted molar refractivity (Wildman–Crippen MR) is 66.1 cm³/mol. The lowest BCUT2D eigenvalue weighted by molar-refractivity contribution is -0.139. The molecule has 0 aromatic rings. The fourth-order valence-electron chi connectivity index (χ4n) is 1.96. The number of nitrogens with zero attached hydrogens (tertiary/aromatic N) is 1. The summed E-state index contributed by atoms with van der Waals surface area (Å²) in [4.78, 5) is 13.3. The second kappa shape index (κ2) is 7.63. The molecule has 2 N–H and O–H groups in total. The molecule has 0 bridgehead atoms. The molecule has 17 heavy (non-hydrogen) atoms. The van der Waals surface area contributed by atoms with Crippen LogP contribution in [0.15, 0.2) is 0 Å². The third-order valence-corrected chi connectivity index (χ3v) is 2.93. The number of ether oxygens (including phenoxy) is 1. The van der Waals surface area contributed by atoms with Gasteiger partial charge in [0.15, 0.2) is 0 Å². The maximum Gasteiger partial charge on any atom is 0.320 e. The van der Waals surface area contributed by atoms with E-state index in [1.165, 1.54) is 0 Å². The van der Waals surface area contributed by atoms with Crippen molar-refractivity contribution in [2.24, 2.45) is 5.92 Å². The highest BCUT2D eigenvalue weighted by molar-refractivity contribution is 5.73. The highest BCUT2D eigenvalue weighted by Crippen LogP contribution is 2.04. The number of morpholine rings is 1. The Kier molecular flexibility index (Phi) is 6.47. The Morgan fingerprint density at radius 3 is 2.59 bits per heavy atom. The van der Waals surface area contributed by atoms with Gasteiger partial charge in [0.25, 0.3) is 0 Å². The van der Waals surface area contributed by atoms with Crippen molar-refractivity contribution in [1.29, 1.82) is 0 Å². The molecule has 0 aromatic heterocycles. The normalized spacial score (nSPS) is 19.5. The smallest absolute Gasteiger partial charge is 0.320 e. The number of hydrogen-bond donors (Lipinski definition) is 2. The van der Waals surface area contributed by atoms with Crippen molar-refractivity contribution in [3.8, 4) is 0 Å². The summed E-state index contributed by atoms with van der Waals surface area (Å²) in [5, 5.41) is 12.2. The van der Waals surface area contributed by atoms with Crippen LogP contribution >= 0.6 is 0 Å². The lowest BCUT2D eigenvalue weighted by Gasteiger charge is -2.27. The summed E-state index contributed by atoms with van der Waals surface area (Å²) in [5.41, 5.74) is 0. The fraction of sp³-hybridized carbons (Fsp3) is 0.917. The average molecular weight is 244 g/mol. The van der Waals surface area contributed by atoms with Gasteiger partial charge in [-0.25, -0.2) is 0 Å². The minimum Gasteiger partial charge on any atom is -0.480 e. The molecule has 1 atom stereocenters. The first-order chi connectivity index (χ1) is 8.09. The molecule has 1 aliphatic rings. The fourth-order valence-corrected chi connectivity index (χ4v) is 1.96. The van der Waals surface area contributed by atoms with Crippen molar-refractivity contribution in [3.05, 3.63) is 0 Å². The van der Waals surface area contributed by atoms with Crippen LogP contribution in [-0.2, 0) is 9.53 Å². The van der Waals surface area contributed by atoms with Gasteiger partial charge in [0.05, 0.1) is 13.2 Å². The van der Waals surface area contributed by atoms with E-state index in [9.17, 15) is 4.79 Å². The zero-order valence-electron chi connectivity index (χ0n) is 10.8. The van der Waals surface area contributed by atoms with Gasteiger partial charge in [-0.1, -0.05) is 13.8 Å². The van der Waals surface area contributed by atoms with Gasteiger partial charge in [-0.05, 0) is 12.3 Å². The quantitative estimate of drug-likeness (QED) is 0.679. The Hall–Kier alpha value is -0.650. The standard InChI is InChI=1S/C12H24N2O3/c1-10(2)9-11(12(15)16)13-3-4-14-5-7-17-8-6-14/h10-11,13H,3-9H2,1-2H3,(H,15,16). The number of carboxylic acids is 1. The molecule has 0 saturated carbocycles. The van der Waals surface area contributed by atoms with E-state index in [2.05, 4.69) is 10.2 Å². The highest BCUT2D eigenvalue weighted by atomic mass is 16.5. The molecule has 1 heterocycles. The van der Waals surface area contributed by atoms with E-state index >= 15 is 0 Å². The summed E-state index contributed by atoms with van der Waals surface area (Å²) in [7, 11) is 0. The van der Waals surface area contributed by atoms with Crippen molar-refractivity contribution in [1.82, 2.24) is 10.2 Å².